The zero-order chi connectivity index (χ0) is 30.1. The second-order valence-corrected chi connectivity index (χ2v) is 11.0. The van der Waals surface area contributed by atoms with Gasteiger partial charge in [0.2, 0.25) is 5.60 Å². The van der Waals surface area contributed by atoms with Gasteiger partial charge in [-0.2, -0.15) is 13.2 Å². The molecule has 1 aliphatic carbocycles. The Bertz CT molecular complexity index is 1460. The summed E-state index contributed by atoms with van der Waals surface area (Å²) in [6.07, 6.45) is -2.00. The van der Waals surface area contributed by atoms with Crippen LogP contribution in [-0.2, 0) is 5.60 Å². The topological polar surface area (TPSA) is 92.7 Å². The van der Waals surface area contributed by atoms with Crippen molar-refractivity contribution in [3.63, 3.8) is 0 Å². The highest BCUT2D eigenvalue weighted by molar-refractivity contribution is 6.31. The minimum Gasteiger partial charge on any atom is -0.493 e. The van der Waals surface area contributed by atoms with Gasteiger partial charge in [-0.15, -0.1) is 0 Å². The maximum absolute atomic E-state index is 14.6. The molecular weight excluding hydrogens is 578 g/mol. The summed E-state index contributed by atoms with van der Waals surface area (Å²) in [6.45, 7) is 0.144. The average Bonchev–Trinajstić information content (AvgIpc) is 3.81. The maximum Gasteiger partial charge on any atom is 0.424 e. The van der Waals surface area contributed by atoms with Crippen LogP contribution in [0, 0.1) is 5.82 Å². The van der Waals surface area contributed by atoms with Crippen LogP contribution in [0.15, 0.2) is 48.5 Å². The molecule has 1 unspecified atom stereocenters. The van der Waals surface area contributed by atoms with Crippen molar-refractivity contribution in [1.82, 2.24) is 15.6 Å². The number of aliphatic hydroxyl groups is 1. The van der Waals surface area contributed by atoms with Gasteiger partial charge in [0, 0.05) is 11.1 Å². The lowest BCUT2D eigenvalue weighted by atomic mass is 9.87. The number of nitrogens with zero attached hydrogens (tertiary/aromatic N) is 1. The number of rotatable bonds is 9. The summed E-state index contributed by atoms with van der Waals surface area (Å²) in [5, 5.41) is 16.4. The number of hydrogen-bond acceptors (Lipinski definition) is 6. The highest BCUT2D eigenvalue weighted by Crippen LogP contribution is 2.41. The molecule has 12 heteroatoms. The lowest BCUT2D eigenvalue weighted by molar-refractivity contribution is -0.265. The Morgan fingerprint density at radius 2 is 1.81 bits per heavy atom. The van der Waals surface area contributed by atoms with E-state index in [4.69, 9.17) is 21.1 Å². The van der Waals surface area contributed by atoms with Crippen LogP contribution < -0.4 is 20.1 Å². The third-order valence-corrected chi connectivity index (χ3v) is 7.80. The zero-order valence-electron chi connectivity index (χ0n) is 22.7. The molecule has 2 aliphatic rings. The first kappa shape index (κ1) is 30.1. The molecule has 2 aromatic carbocycles. The molecule has 1 atom stereocenters. The van der Waals surface area contributed by atoms with E-state index in [0.29, 0.717) is 37.2 Å². The van der Waals surface area contributed by atoms with Gasteiger partial charge in [-0.3, -0.25) is 4.79 Å². The molecule has 2 heterocycles. The molecule has 0 bridgehead atoms. The average molecular weight is 608 g/mol. The van der Waals surface area contributed by atoms with Gasteiger partial charge in [0.05, 0.1) is 36.2 Å². The summed E-state index contributed by atoms with van der Waals surface area (Å²) in [4.78, 5) is 17.1. The van der Waals surface area contributed by atoms with Gasteiger partial charge in [0.25, 0.3) is 5.91 Å². The molecule has 3 aromatic rings. The minimum atomic E-state index is -5.21. The zero-order valence-corrected chi connectivity index (χ0v) is 23.5. The number of carbonyl (C=O) groups excluding carboxylic acids is 1. The van der Waals surface area contributed by atoms with Crippen molar-refractivity contribution in [2.24, 2.45) is 0 Å². The van der Waals surface area contributed by atoms with Gasteiger partial charge in [-0.25, -0.2) is 9.37 Å². The van der Waals surface area contributed by atoms with Crippen molar-refractivity contribution in [2.45, 2.75) is 49.5 Å². The van der Waals surface area contributed by atoms with Crippen molar-refractivity contribution in [3.8, 4) is 22.8 Å². The predicted octanol–water partition coefficient (Wildman–Crippen LogP) is 5.74. The second-order valence-electron chi connectivity index (χ2n) is 10.5. The number of amides is 1. The van der Waals surface area contributed by atoms with Crippen LogP contribution in [0.25, 0.3) is 11.3 Å². The van der Waals surface area contributed by atoms with Crippen LogP contribution in [0.1, 0.15) is 53.2 Å². The Balaban J connectivity index is 1.48. The molecule has 0 radical (unpaired) electrons. The SMILES string of the molecule is COc1cc(C(=O)NCC(O)(c2cc(C3CCNCC3)cc(-c3ccc(F)c(Cl)c3)n2)C(F)(F)F)ccc1OC1CC1. The molecule has 7 nitrogen and oxygen atoms in total. The van der Waals surface area contributed by atoms with Gasteiger partial charge in [-0.1, -0.05) is 11.6 Å². The first-order chi connectivity index (χ1) is 20.0. The molecule has 1 amide bonds. The van der Waals surface area contributed by atoms with E-state index in [0.717, 1.165) is 18.9 Å². The molecule has 1 aliphatic heterocycles. The van der Waals surface area contributed by atoms with E-state index in [2.05, 4.69) is 15.6 Å². The lowest BCUT2D eigenvalue weighted by Gasteiger charge is -2.32. The number of carbonyl (C=O) groups is 1. The number of pyridine rings is 1. The van der Waals surface area contributed by atoms with Crippen molar-refractivity contribution in [1.29, 1.82) is 0 Å². The Morgan fingerprint density at radius 3 is 2.45 bits per heavy atom. The highest BCUT2D eigenvalue weighted by Gasteiger charge is 2.56. The summed E-state index contributed by atoms with van der Waals surface area (Å²) in [6, 6.07) is 10.9. The molecule has 42 heavy (non-hydrogen) atoms. The van der Waals surface area contributed by atoms with Crippen LogP contribution in [0.4, 0.5) is 17.6 Å². The second kappa shape index (κ2) is 12.1. The van der Waals surface area contributed by atoms with Crippen molar-refractivity contribution >= 4 is 17.5 Å². The maximum atomic E-state index is 14.6. The van der Waals surface area contributed by atoms with Crippen LogP contribution in [0.2, 0.25) is 5.02 Å². The number of aromatic nitrogens is 1. The number of piperidine rings is 1. The molecule has 1 aromatic heterocycles. The van der Waals surface area contributed by atoms with E-state index in [9.17, 15) is 27.5 Å². The molecule has 1 saturated heterocycles. The van der Waals surface area contributed by atoms with Crippen molar-refractivity contribution < 1.29 is 36.9 Å². The summed E-state index contributed by atoms with van der Waals surface area (Å²) in [5.74, 6) is -0.948. The molecular formula is C30H30ClF4N3O4. The number of benzene rings is 2. The molecule has 2 fully saturated rings. The smallest absolute Gasteiger partial charge is 0.424 e. The number of nitrogens with one attached hydrogen (secondary N) is 2. The van der Waals surface area contributed by atoms with E-state index in [-0.39, 0.29) is 39.6 Å². The van der Waals surface area contributed by atoms with E-state index in [1.165, 1.54) is 43.5 Å². The number of hydrogen-bond donors (Lipinski definition) is 3. The Morgan fingerprint density at radius 1 is 1.07 bits per heavy atom. The fourth-order valence-corrected chi connectivity index (χ4v) is 5.06. The summed E-state index contributed by atoms with van der Waals surface area (Å²) >= 11 is 5.95. The van der Waals surface area contributed by atoms with E-state index in [1.807, 2.05) is 0 Å². The molecule has 1 saturated carbocycles. The molecule has 3 N–H and O–H groups in total. The Kier molecular flexibility index (Phi) is 8.63. The van der Waals surface area contributed by atoms with Gasteiger partial charge >= 0.3 is 6.18 Å². The van der Waals surface area contributed by atoms with E-state index >= 15 is 0 Å². The van der Waals surface area contributed by atoms with Gasteiger partial charge in [-0.05, 0) is 98.8 Å². The Labute approximate surface area is 245 Å². The highest BCUT2D eigenvalue weighted by atomic mass is 35.5. The third kappa shape index (κ3) is 6.48. The van der Waals surface area contributed by atoms with Crippen molar-refractivity contribution in [3.05, 3.63) is 76.2 Å². The van der Waals surface area contributed by atoms with Gasteiger partial charge < -0.3 is 25.2 Å². The van der Waals surface area contributed by atoms with Gasteiger partial charge in [0.15, 0.2) is 11.5 Å². The van der Waals surface area contributed by atoms with Crippen LogP contribution in [0.5, 0.6) is 11.5 Å². The summed E-state index contributed by atoms with van der Waals surface area (Å²) in [7, 11) is 1.39. The quantitative estimate of drug-likeness (QED) is 0.269. The normalized spacial score (nSPS) is 17.4. The standard InChI is InChI=1S/C30H30ClF4N3O4/c1-41-26-14-19(3-7-25(26)42-21-4-5-21)28(39)37-16-29(40,30(33,34)35)27-15-20(17-8-10-36-11-9-17)13-24(38-27)18-2-6-23(32)22(31)12-18/h2-3,6-7,12-15,17,21,36,40H,4-5,8-11,16H2,1H3,(H,37,39). The van der Waals surface area contributed by atoms with Crippen LogP contribution in [-0.4, -0.2) is 55.0 Å². The first-order valence-electron chi connectivity index (χ1n) is 13.6. The third-order valence-electron chi connectivity index (χ3n) is 7.51. The predicted molar refractivity (Wildman–Crippen MR) is 148 cm³/mol. The van der Waals surface area contributed by atoms with Crippen LogP contribution in [0.3, 0.4) is 0 Å². The number of alkyl halides is 3. The summed E-state index contributed by atoms with van der Waals surface area (Å²) in [5.41, 5.74) is -3.28. The van der Waals surface area contributed by atoms with E-state index in [1.54, 1.807) is 6.07 Å². The van der Waals surface area contributed by atoms with Gasteiger partial charge in [0.1, 0.15) is 5.82 Å². The van der Waals surface area contributed by atoms with E-state index < -0.39 is 35.7 Å². The van der Waals surface area contributed by atoms with Crippen LogP contribution >= 0.6 is 11.6 Å². The number of ether oxygens (including phenoxy) is 2. The monoisotopic (exact) mass is 607 g/mol. The first-order valence-corrected chi connectivity index (χ1v) is 14.0. The Hall–Kier alpha value is -3.41. The number of methoxy groups -OCH3 is 1. The molecule has 224 valence electrons. The summed E-state index contributed by atoms with van der Waals surface area (Å²) < 4.78 is 68.7. The lowest BCUT2D eigenvalue weighted by Crippen LogP contribution is -2.51. The number of halogens is 5. The minimum absolute atomic E-state index is 0.0255. The van der Waals surface area contributed by atoms with Crippen molar-refractivity contribution in [2.75, 3.05) is 26.7 Å². The largest absolute Gasteiger partial charge is 0.493 e. The fraction of sp³-hybridized carbons (Fsp3) is 0.400. The molecule has 5 rings (SSSR count). The molecule has 0 spiro atoms. The fourth-order valence-electron chi connectivity index (χ4n) is 4.88.